The van der Waals surface area contributed by atoms with Crippen LogP contribution >= 0.6 is 0 Å². The molecular weight excluding hydrogens is 360 g/mol. The molecule has 3 aromatic rings. The smallest absolute Gasteiger partial charge is 0.263 e. The van der Waals surface area contributed by atoms with Gasteiger partial charge in [0.15, 0.2) is 0 Å². The fraction of sp³-hybridized carbons (Fsp3) is 0.100. The molecule has 1 N–H and O–H groups in total. The summed E-state index contributed by atoms with van der Waals surface area (Å²) in [6.07, 6.45) is 0. The van der Waals surface area contributed by atoms with Crippen molar-refractivity contribution >= 4 is 21.7 Å². The van der Waals surface area contributed by atoms with Crippen LogP contribution in [0.2, 0.25) is 0 Å². The second kappa shape index (κ2) is 7.48. The predicted molar refractivity (Wildman–Crippen MR) is 106 cm³/mol. The van der Waals surface area contributed by atoms with Crippen LogP contribution in [0.4, 0.5) is 11.6 Å². The molecule has 0 saturated heterocycles. The van der Waals surface area contributed by atoms with Gasteiger partial charge in [-0.3, -0.25) is 4.72 Å². The molecule has 136 valence electrons. The molecule has 0 aliphatic heterocycles. The van der Waals surface area contributed by atoms with Crippen molar-refractivity contribution in [1.82, 2.24) is 4.98 Å². The van der Waals surface area contributed by atoms with Gasteiger partial charge < -0.3 is 4.90 Å². The highest BCUT2D eigenvalue weighted by molar-refractivity contribution is 7.92. The maximum atomic E-state index is 12.6. The van der Waals surface area contributed by atoms with Gasteiger partial charge in [-0.05, 0) is 47.5 Å². The standard InChI is InChI=1S/C20H18N4O2S/c1-24(2)20-5-3-4-19(22-20)23-27(25,26)18-12-10-17(11-13-18)16-8-6-15(14-21)7-9-16/h3-13H,1-2H3,(H,22,23). The first-order chi connectivity index (χ1) is 12.9. The second-order valence-electron chi connectivity index (χ2n) is 6.09. The Morgan fingerprint density at radius 3 is 2.07 bits per heavy atom. The lowest BCUT2D eigenvalue weighted by Gasteiger charge is -2.13. The number of nitrogens with one attached hydrogen (secondary N) is 1. The number of pyridine rings is 1. The predicted octanol–water partition coefficient (Wildman–Crippen LogP) is 3.49. The summed E-state index contributed by atoms with van der Waals surface area (Å²) in [5.74, 6) is 0.920. The molecule has 27 heavy (non-hydrogen) atoms. The van der Waals surface area contributed by atoms with Gasteiger partial charge in [0.2, 0.25) is 0 Å². The molecule has 0 radical (unpaired) electrons. The van der Waals surface area contributed by atoms with E-state index in [0.29, 0.717) is 11.4 Å². The number of nitriles is 1. The Morgan fingerprint density at radius 1 is 0.926 bits per heavy atom. The third-order valence-electron chi connectivity index (χ3n) is 3.94. The van der Waals surface area contributed by atoms with E-state index in [1.165, 1.54) is 0 Å². The van der Waals surface area contributed by atoms with E-state index in [0.717, 1.165) is 11.1 Å². The molecule has 6 nitrogen and oxygen atoms in total. The molecule has 7 heteroatoms. The summed E-state index contributed by atoms with van der Waals surface area (Å²) in [7, 11) is -0.0679. The molecule has 0 spiro atoms. The lowest BCUT2D eigenvalue weighted by Crippen LogP contribution is -2.16. The van der Waals surface area contributed by atoms with Crippen LogP contribution < -0.4 is 9.62 Å². The van der Waals surface area contributed by atoms with E-state index in [9.17, 15) is 8.42 Å². The normalized spacial score (nSPS) is 10.9. The summed E-state index contributed by atoms with van der Waals surface area (Å²) in [5.41, 5.74) is 2.35. The van der Waals surface area contributed by atoms with Crippen LogP contribution in [0.1, 0.15) is 5.56 Å². The molecule has 1 heterocycles. The van der Waals surface area contributed by atoms with Crippen molar-refractivity contribution in [3.63, 3.8) is 0 Å². The van der Waals surface area contributed by atoms with Gasteiger partial charge in [-0.15, -0.1) is 0 Å². The zero-order valence-corrected chi connectivity index (χ0v) is 15.7. The maximum Gasteiger partial charge on any atom is 0.263 e. The van der Waals surface area contributed by atoms with Gasteiger partial charge in [-0.1, -0.05) is 30.3 Å². The molecular formula is C20H18N4O2S. The van der Waals surface area contributed by atoms with Gasteiger partial charge in [0, 0.05) is 14.1 Å². The van der Waals surface area contributed by atoms with Gasteiger partial charge >= 0.3 is 0 Å². The topological polar surface area (TPSA) is 86.1 Å². The SMILES string of the molecule is CN(C)c1cccc(NS(=O)(=O)c2ccc(-c3ccc(C#N)cc3)cc2)n1. The molecule has 0 aliphatic rings. The zero-order valence-electron chi connectivity index (χ0n) is 14.9. The Labute approximate surface area is 158 Å². The first kappa shape index (κ1) is 18.4. The lowest BCUT2D eigenvalue weighted by atomic mass is 10.0. The van der Waals surface area contributed by atoms with Crippen molar-refractivity contribution in [2.75, 3.05) is 23.7 Å². The number of aromatic nitrogens is 1. The average molecular weight is 378 g/mol. The summed E-state index contributed by atoms with van der Waals surface area (Å²) in [5, 5.41) is 8.86. The van der Waals surface area contributed by atoms with Crippen molar-refractivity contribution in [1.29, 1.82) is 5.26 Å². The lowest BCUT2D eigenvalue weighted by molar-refractivity contribution is 0.601. The Kier molecular flexibility index (Phi) is 5.10. The number of nitrogens with zero attached hydrogens (tertiary/aromatic N) is 3. The van der Waals surface area contributed by atoms with Crippen LogP contribution in [-0.4, -0.2) is 27.5 Å². The van der Waals surface area contributed by atoms with E-state index in [-0.39, 0.29) is 10.7 Å². The fourth-order valence-corrected chi connectivity index (χ4v) is 3.49. The Bertz CT molecular complexity index is 1080. The van der Waals surface area contributed by atoms with E-state index in [1.807, 2.05) is 26.2 Å². The maximum absolute atomic E-state index is 12.6. The van der Waals surface area contributed by atoms with E-state index in [2.05, 4.69) is 15.8 Å². The molecule has 2 aromatic carbocycles. The minimum atomic E-state index is -3.74. The van der Waals surface area contributed by atoms with Gasteiger partial charge in [-0.2, -0.15) is 5.26 Å². The zero-order chi connectivity index (χ0) is 19.4. The molecule has 0 saturated carbocycles. The van der Waals surface area contributed by atoms with Crippen LogP contribution in [0.25, 0.3) is 11.1 Å². The first-order valence-corrected chi connectivity index (χ1v) is 9.65. The van der Waals surface area contributed by atoms with Gasteiger partial charge in [0.1, 0.15) is 11.6 Å². The van der Waals surface area contributed by atoms with Crippen LogP contribution in [0.5, 0.6) is 0 Å². The van der Waals surface area contributed by atoms with Gasteiger partial charge in [0.05, 0.1) is 16.5 Å². The summed E-state index contributed by atoms with van der Waals surface area (Å²) >= 11 is 0. The highest BCUT2D eigenvalue weighted by Gasteiger charge is 2.15. The second-order valence-corrected chi connectivity index (χ2v) is 7.78. The van der Waals surface area contributed by atoms with Crippen molar-refractivity contribution in [3.8, 4) is 17.2 Å². The fourth-order valence-electron chi connectivity index (χ4n) is 2.49. The van der Waals surface area contributed by atoms with Crippen LogP contribution in [0.3, 0.4) is 0 Å². The third-order valence-corrected chi connectivity index (χ3v) is 5.31. The van der Waals surface area contributed by atoms with E-state index >= 15 is 0 Å². The molecule has 0 aliphatic carbocycles. The van der Waals surface area contributed by atoms with Crippen LogP contribution in [0.15, 0.2) is 71.6 Å². The molecule has 0 unspecified atom stereocenters. The molecule has 0 amide bonds. The van der Waals surface area contributed by atoms with Crippen molar-refractivity contribution in [3.05, 3.63) is 72.3 Å². The number of sulfonamides is 1. The highest BCUT2D eigenvalue weighted by Crippen LogP contribution is 2.23. The molecule has 3 rings (SSSR count). The summed E-state index contributed by atoms with van der Waals surface area (Å²) in [6, 6.07) is 20.9. The summed E-state index contributed by atoms with van der Waals surface area (Å²) in [4.78, 5) is 6.22. The molecule has 0 fully saturated rings. The molecule has 0 bridgehead atoms. The number of benzene rings is 2. The number of anilines is 2. The monoisotopic (exact) mass is 378 g/mol. The van der Waals surface area contributed by atoms with Gasteiger partial charge in [-0.25, -0.2) is 13.4 Å². The van der Waals surface area contributed by atoms with E-state index < -0.39 is 10.0 Å². The van der Waals surface area contributed by atoms with Crippen molar-refractivity contribution < 1.29 is 8.42 Å². The highest BCUT2D eigenvalue weighted by atomic mass is 32.2. The number of hydrogen-bond donors (Lipinski definition) is 1. The number of rotatable bonds is 5. The minimum Gasteiger partial charge on any atom is -0.363 e. The molecule has 0 atom stereocenters. The number of hydrogen-bond acceptors (Lipinski definition) is 5. The van der Waals surface area contributed by atoms with E-state index in [4.69, 9.17) is 5.26 Å². The summed E-state index contributed by atoms with van der Waals surface area (Å²) < 4.78 is 27.7. The van der Waals surface area contributed by atoms with E-state index in [1.54, 1.807) is 59.5 Å². The summed E-state index contributed by atoms with van der Waals surface area (Å²) in [6.45, 7) is 0. The van der Waals surface area contributed by atoms with Gasteiger partial charge in [0.25, 0.3) is 10.0 Å². The Balaban J connectivity index is 1.83. The Hall–Kier alpha value is -3.37. The molecule has 1 aromatic heterocycles. The van der Waals surface area contributed by atoms with Crippen molar-refractivity contribution in [2.24, 2.45) is 0 Å². The first-order valence-electron chi connectivity index (χ1n) is 8.17. The minimum absolute atomic E-state index is 0.150. The average Bonchev–Trinajstić information content (AvgIpc) is 2.68. The largest absolute Gasteiger partial charge is 0.363 e. The van der Waals surface area contributed by atoms with Crippen LogP contribution in [0, 0.1) is 11.3 Å². The third kappa shape index (κ3) is 4.25. The quantitative estimate of drug-likeness (QED) is 0.734. The van der Waals surface area contributed by atoms with Crippen molar-refractivity contribution in [2.45, 2.75) is 4.90 Å². The Morgan fingerprint density at radius 2 is 1.52 bits per heavy atom. The van der Waals surface area contributed by atoms with Crippen LogP contribution in [-0.2, 0) is 10.0 Å².